The van der Waals surface area contributed by atoms with Gasteiger partial charge < -0.3 is 5.73 Å². The Kier molecular flexibility index (Phi) is 5.57. The monoisotopic (exact) mass is 392 g/mol. The Morgan fingerprint density at radius 3 is 2.48 bits per heavy atom. The van der Waals surface area contributed by atoms with Crippen molar-refractivity contribution in [2.75, 3.05) is 5.73 Å². The fourth-order valence-corrected chi connectivity index (χ4v) is 4.51. The molecule has 0 aliphatic heterocycles. The van der Waals surface area contributed by atoms with Crippen LogP contribution in [0.4, 0.5) is 5.69 Å². The number of aromatic nitrogens is 3. The predicted octanol–water partition coefficient (Wildman–Crippen LogP) is 5.24. The number of nitrogens with zero attached hydrogens (tertiary/aromatic N) is 3. The van der Waals surface area contributed by atoms with Gasteiger partial charge in [-0.2, -0.15) is 5.10 Å². The van der Waals surface area contributed by atoms with Gasteiger partial charge in [0.25, 0.3) is 0 Å². The maximum atomic E-state index is 6.14. The zero-order chi connectivity index (χ0) is 18.0. The van der Waals surface area contributed by atoms with Gasteiger partial charge in [-0.25, -0.2) is 0 Å². The second kappa shape index (κ2) is 7.68. The van der Waals surface area contributed by atoms with Crippen molar-refractivity contribution in [1.29, 1.82) is 0 Å². The normalized spacial score (nSPS) is 11.0. The molecule has 25 heavy (non-hydrogen) atoms. The van der Waals surface area contributed by atoms with Gasteiger partial charge in [0.2, 0.25) is 0 Å². The molecule has 130 valence electrons. The van der Waals surface area contributed by atoms with Crippen molar-refractivity contribution in [2.24, 2.45) is 0 Å². The molecule has 2 heterocycles. The number of hydrogen-bond acceptors (Lipinski definition) is 4. The number of benzene rings is 1. The smallest absolute Gasteiger partial charge is 0.103 e. The maximum absolute atomic E-state index is 6.14. The Hall–Kier alpha value is -1.69. The lowest BCUT2D eigenvalue weighted by molar-refractivity contribution is 0.599. The molecule has 0 atom stereocenters. The van der Waals surface area contributed by atoms with Gasteiger partial charge in [-0.3, -0.25) is 9.67 Å². The molecular weight excluding hydrogens is 375 g/mol. The van der Waals surface area contributed by atoms with E-state index in [0.29, 0.717) is 15.7 Å². The topological polar surface area (TPSA) is 56.7 Å². The van der Waals surface area contributed by atoms with Crippen LogP contribution in [0.1, 0.15) is 23.7 Å². The van der Waals surface area contributed by atoms with Crippen molar-refractivity contribution in [3.05, 3.63) is 63.5 Å². The molecular formula is C18H18Cl2N4S. The predicted molar refractivity (Wildman–Crippen MR) is 105 cm³/mol. The van der Waals surface area contributed by atoms with E-state index in [-0.39, 0.29) is 0 Å². The molecule has 0 saturated carbocycles. The second-order valence-corrected chi connectivity index (χ2v) is 7.63. The van der Waals surface area contributed by atoms with E-state index in [9.17, 15) is 0 Å². The molecule has 0 unspecified atom stereocenters. The van der Waals surface area contributed by atoms with E-state index in [1.54, 1.807) is 24.0 Å². The van der Waals surface area contributed by atoms with Crippen LogP contribution in [0.2, 0.25) is 10.0 Å². The van der Waals surface area contributed by atoms with Crippen LogP contribution in [-0.4, -0.2) is 14.8 Å². The molecule has 0 spiro atoms. The molecule has 2 aromatic heterocycles. The first kappa shape index (κ1) is 18.1. The van der Waals surface area contributed by atoms with Gasteiger partial charge in [0.05, 0.1) is 11.4 Å². The van der Waals surface area contributed by atoms with Crippen LogP contribution >= 0.6 is 35.0 Å². The van der Waals surface area contributed by atoms with Crippen LogP contribution < -0.4 is 5.73 Å². The first-order chi connectivity index (χ1) is 12.0. The van der Waals surface area contributed by atoms with E-state index in [0.717, 1.165) is 39.7 Å². The molecule has 0 bridgehead atoms. The lowest BCUT2D eigenvalue weighted by atomic mass is 10.1. The maximum Gasteiger partial charge on any atom is 0.103 e. The minimum atomic E-state index is 0.621. The first-order valence-corrected chi connectivity index (χ1v) is 9.43. The molecule has 1 aromatic carbocycles. The fourth-order valence-electron chi connectivity index (χ4n) is 2.64. The van der Waals surface area contributed by atoms with Gasteiger partial charge in [0.15, 0.2) is 0 Å². The second-order valence-electron chi connectivity index (χ2n) is 5.70. The van der Waals surface area contributed by atoms with Crippen molar-refractivity contribution >= 4 is 40.7 Å². The summed E-state index contributed by atoms with van der Waals surface area (Å²) in [7, 11) is 0. The number of nitrogen functional groups attached to an aromatic ring is 1. The van der Waals surface area contributed by atoms with Crippen LogP contribution in [-0.2, 0) is 13.0 Å². The highest BCUT2D eigenvalue weighted by atomic mass is 35.5. The highest BCUT2D eigenvalue weighted by molar-refractivity contribution is 7.99. The van der Waals surface area contributed by atoms with Gasteiger partial charge in [0.1, 0.15) is 5.03 Å². The van der Waals surface area contributed by atoms with E-state index in [2.05, 4.69) is 17.0 Å². The van der Waals surface area contributed by atoms with Crippen LogP contribution in [0.15, 0.2) is 46.6 Å². The number of pyridine rings is 1. The van der Waals surface area contributed by atoms with Crippen molar-refractivity contribution in [1.82, 2.24) is 14.8 Å². The lowest BCUT2D eigenvalue weighted by Crippen LogP contribution is -1.99. The van der Waals surface area contributed by atoms with E-state index >= 15 is 0 Å². The number of nitrogens with two attached hydrogens (primary N) is 1. The Morgan fingerprint density at radius 1 is 1.12 bits per heavy atom. The number of anilines is 1. The van der Waals surface area contributed by atoms with Crippen LogP contribution in [0.3, 0.4) is 0 Å². The SMILES string of the molecule is CCn1nc(C)c(Cc2cncc(N)c2)c1Sc1cc(Cl)cc(Cl)c1. The third kappa shape index (κ3) is 4.29. The summed E-state index contributed by atoms with van der Waals surface area (Å²) < 4.78 is 2.00. The van der Waals surface area contributed by atoms with Crippen LogP contribution in [0.5, 0.6) is 0 Å². The number of hydrogen-bond donors (Lipinski definition) is 1. The van der Waals surface area contributed by atoms with Crippen LogP contribution in [0.25, 0.3) is 0 Å². The van der Waals surface area contributed by atoms with E-state index in [1.165, 1.54) is 0 Å². The minimum absolute atomic E-state index is 0.621. The summed E-state index contributed by atoms with van der Waals surface area (Å²) in [6.45, 7) is 4.89. The highest BCUT2D eigenvalue weighted by Gasteiger charge is 2.17. The zero-order valence-corrected chi connectivity index (χ0v) is 16.3. The van der Waals surface area contributed by atoms with Crippen molar-refractivity contribution in [2.45, 2.75) is 36.7 Å². The van der Waals surface area contributed by atoms with Crippen molar-refractivity contribution in [3.63, 3.8) is 0 Å². The molecule has 0 radical (unpaired) electrons. The molecule has 7 heteroatoms. The van der Waals surface area contributed by atoms with Crippen molar-refractivity contribution in [3.8, 4) is 0 Å². The molecule has 3 rings (SSSR count). The Bertz CT molecular complexity index is 888. The van der Waals surface area contributed by atoms with Gasteiger partial charge in [-0.1, -0.05) is 35.0 Å². The van der Waals surface area contributed by atoms with E-state index in [4.69, 9.17) is 28.9 Å². The van der Waals surface area contributed by atoms with Gasteiger partial charge in [-0.15, -0.1) is 0 Å². The summed E-state index contributed by atoms with van der Waals surface area (Å²) >= 11 is 13.9. The number of rotatable bonds is 5. The van der Waals surface area contributed by atoms with Gasteiger partial charge >= 0.3 is 0 Å². The molecule has 2 N–H and O–H groups in total. The average Bonchev–Trinajstić information content (AvgIpc) is 2.82. The largest absolute Gasteiger partial charge is 0.397 e. The molecule has 0 aliphatic rings. The van der Waals surface area contributed by atoms with E-state index in [1.807, 2.05) is 36.0 Å². The summed E-state index contributed by atoms with van der Waals surface area (Å²) in [6, 6.07) is 7.49. The van der Waals surface area contributed by atoms with Crippen molar-refractivity contribution < 1.29 is 0 Å². The van der Waals surface area contributed by atoms with Gasteiger partial charge in [0, 0.05) is 45.9 Å². The standard InChI is InChI=1S/C18H18Cl2N4S/c1-3-24-18(25-16-7-13(19)6-14(20)8-16)17(11(2)23-24)5-12-4-15(21)10-22-9-12/h4,6-10H,3,5,21H2,1-2H3. The highest BCUT2D eigenvalue weighted by Crippen LogP contribution is 2.36. The Labute approximate surface area is 161 Å². The third-order valence-corrected chi connectivity index (χ3v) is 5.31. The Balaban J connectivity index is 1.99. The summed E-state index contributed by atoms with van der Waals surface area (Å²) in [6.07, 6.45) is 4.21. The summed E-state index contributed by atoms with van der Waals surface area (Å²) in [5.41, 5.74) is 9.74. The van der Waals surface area contributed by atoms with Gasteiger partial charge in [-0.05, 0) is 43.7 Å². The molecule has 0 saturated heterocycles. The molecule has 4 nitrogen and oxygen atoms in total. The summed E-state index contributed by atoms with van der Waals surface area (Å²) in [5.74, 6) is 0. The molecule has 3 aromatic rings. The van der Waals surface area contributed by atoms with Crippen LogP contribution in [0, 0.1) is 6.92 Å². The molecule has 0 fully saturated rings. The fraction of sp³-hybridized carbons (Fsp3) is 0.222. The molecule has 0 amide bonds. The minimum Gasteiger partial charge on any atom is -0.397 e. The average molecular weight is 393 g/mol. The summed E-state index contributed by atoms with van der Waals surface area (Å²) in [4.78, 5) is 5.17. The molecule has 0 aliphatic carbocycles. The first-order valence-electron chi connectivity index (χ1n) is 7.86. The Morgan fingerprint density at radius 2 is 1.84 bits per heavy atom. The zero-order valence-electron chi connectivity index (χ0n) is 14.0. The summed E-state index contributed by atoms with van der Waals surface area (Å²) in [5, 5.41) is 6.99. The lowest BCUT2D eigenvalue weighted by Gasteiger charge is -2.09. The number of aryl methyl sites for hydroxylation is 2. The third-order valence-electron chi connectivity index (χ3n) is 3.75. The quantitative estimate of drug-likeness (QED) is 0.644. The van der Waals surface area contributed by atoms with E-state index < -0.39 is 0 Å². The number of halogens is 2.